The fraction of sp³-hybridized carbons (Fsp3) is 0.588. The highest BCUT2D eigenvalue weighted by molar-refractivity contribution is 5.37. The minimum Gasteiger partial charge on any atom is -0.312 e. The van der Waals surface area contributed by atoms with Crippen LogP contribution in [0.4, 0.5) is 0 Å². The third kappa shape index (κ3) is 5.44. The topological polar surface area (TPSA) is 35.8 Å². The molecule has 19 heavy (non-hydrogen) atoms. The molecule has 0 aromatic heterocycles. The first kappa shape index (κ1) is 15.7. The maximum Gasteiger partial charge on any atom is 0.0991 e. The van der Waals surface area contributed by atoms with Gasteiger partial charge in [0.1, 0.15) is 0 Å². The second-order valence-electron chi connectivity index (χ2n) is 5.30. The first-order valence-corrected chi connectivity index (χ1v) is 7.41. The average molecular weight is 258 g/mol. The summed E-state index contributed by atoms with van der Waals surface area (Å²) in [5, 5.41) is 12.4. The van der Waals surface area contributed by atoms with Crippen molar-refractivity contribution < 1.29 is 0 Å². The van der Waals surface area contributed by atoms with E-state index in [2.05, 4.69) is 38.2 Å². The van der Waals surface area contributed by atoms with Gasteiger partial charge in [-0.3, -0.25) is 0 Å². The van der Waals surface area contributed by atoms with Crippen molar-refractivity contribution in [1.29, 1.82) is 5.26 Å². The number of benzene rings is 1. The van der Waals surface area contributed by atoms with Crippen molar-refractivity contribution in [2.75, 3.05) is 6.54 Å². The van der Waals surface area contributed by atoms with Gasteiger partial charge in [0.05, 0.1) is 11.6 Å². The molecule has 0 aliphatic rings. The summed E-state index contributed by atoms with van der Waals surface area (Å²) in [5.74, 6) is 0.790. The van der Waals surface area contributed by atoms with E-state index in [-0.39, 0.29) is 0 Å². The molecule has 104 valence electrons. The van der Waals surface area contributed by atoms with E-state index in [4.69, 9.17) is 5.26 Å². The predicted molar refractivity (Wildman–Crippen MR) is 80.9 cm³/mol. The fourth-order valence-electron chi connectivity index (χ4n) is 2.32. The largest absolute Gasteiger partial charge is 0.312 e. The van der Waals surface area contributed by atoms with Crippen molar-refractivity contribution in [2.45, 2.75) is 53.0 Å². The molecule has 2 heteroatoms. The summed E-state index contributed by atoms with van der Waals surface area (Å²) in [4.78, 5) is 0. The molecule has 1 aromatic carbocycles. The van der Waals surface area contributed by atoms with Gasteiger partial charge in [-0.1, -0.05) is 39.2 Å². The molecule has 0 saturated heterocycles. The fourth-order valence-corrected chi connectivity index (χ4v) is 2.32. The van der Waals surface area contributed by atoms with Gasteiger partial charge < -0.3 is 5.32 Å². The van der Waals surface area contributed by atoms with Gasteiger partial charge in [-0.25, -0.2) is 0 Å². The first-order valence-electron chi connectivity index (χ1n) is 7.41. The molecule has 2 nitrogen and oxygen atoms in total. The van der Waals surface area contributed by atoms with E-state index >= 15 is 0 Å². The van der Waals surface area contributed by atoms with Crippen molar-refractivity contribution in [3.05, 3.63) is 34.9 Å². The lowest BCUT2D eigenvalue weighted by Gasteiger charge is -2.16. The monoisotopic (exact) mass is 258 g/mol. The third-order valence-electron chi connectivity index (χ3n) is 3.76. The van der Waals surface area contributed by atoms with E-state index in [0.717, 1.165) is 24.6 Å². The van der Waals surface area contributed by atoms with Crippen LogP contribution in [0.15, 0.2) is 18.2 Å². The minimum absolute atomic E-state index is 0.746. The van der Waals surface area contributed by atoms with Crippen molar-refractivity contribution in [3.63, 3.8) is 0 Å². The standard InChI is InChI=1S/C17H26N2/c1-4-6-7-15(5-2)12-19-13-17-9-8-16(11-18)10-14(17)3/h8-10,15,19H,4-7,12-13H2,1-3H3. The van der Waals surface area contributed by atoms with E-state index in [1.807, 2.05) is 12.1 Å². The molecule has 0 aliphatic carbocycles. The second-order valence-corrected chi connectivity index (χ2v) is 5.30. The number of nitrogens with zero attached hydrogens (tertiary/aromatic N) is 1. The van der Waals surface area contributed by atoms with Gasteiger partial charge in [0.25, 0.3) is 0 Å². The molecule has 0 saturated carbocycles. The Morgan fingerprint density at radius 3 is 2.68 bits per heavy atom. The Balaban J connectivity index is 2.42. The summed E-state index contributed by atoms with van der Waals surface area (Å²) < 4.78 is 0. The maximum absolute atomic E-state index is 8.85. The molecule has 1 aromatic rings. The molecular formula is C17H26N2. The highest BCUT2D eigenvalue weighted by Gasteiger charge is 2.06. The molecule has 0 radical (unpaired) electrons. The SMILES string of the molecule is CCCCC(CC)CNCc1ccc(C#N)cc1C. The second kappa shape index (κ2) is 8.72. The van der Waals surface area contributed by atoms with E-state index in [0.29, 0.717) is 0 Å². The van der Waals surface area contributed by atoms with Crippen LogP contribution in [0.2, 0.25) is 0 Å². The van der Waals surface area contributed by atoms with Crippen LogP contribution in [-0.4, -0.2) is 6.54 Å². The van der Waals surface area contributed by atoms with Crippen LogP contribution in [0.25, 0.3) is 0 Å². The van der Waals surface area contributed by atoms with Gasteiger partial charge in [0, 0.05) is 6.54 Å². The molecule has 0 amide bonds. The lowest BCUT2D eigenvalue weighted by molar-refractivity contribution is 0.419. The Morgan fingerprint density at radius 2 is 2.11 bits per heavy atom. The lowest BCUT2D eigenvalue weighted by atomic mass is 9.99. The van der Waals surface area contributed by atoms with Crippen LogP contribution in [-0.2, 0) is 6.54 Å². The van der Waals surface area contributed by atoms with Crippen molar-refractivity contribution in [3.8, 4) is 6.07 Å². The zero-order valence-electron chi connectivity index (χ0n) is 12.5. The van der Waals surface area contributed by atoms with Crippen LogP contribution < -0.4 is 5.32 Å². The number of aryl methyl sites for hydroxylation is 1. The summed E-state index contributed by atoms with van der Waals surface area (Å²) in [6.45, 7) is 8.59. The van der Waals surface area contributed by atoms with Crippen molar-refractivity contribution in [1.82, 2.24) is 5.32 Å². The average Bonchev–Trinajstić information content (AvgIpc) is 2.44. The van der Waals surface area contributed by atoms with Gasteiger partial charge in [-0.05, 0) is 49.1 Å². The molecule has 0 bridgehead atoms. The zero-order valence-corrected chi connectivity index (χ0v) is 12.5. The highest BCUT2D eigenvalue weighted by atomic mass is 14.9. The smallest absolute Gasteiger partial charge is 0.0991 e. The van der Waals surface area contributed by atoms with Gasteiger partial charge in [0.2, 0.25) is 0 Å². The Hall–Kier alpha value is -1.33. The molecular weight excluding hydrogens is 232 g/mol. The number of rotatable bonds is 8. The van der Waals surface area contributed by atoms with Crippen molar-refractivity contribution in [2.24, 2.45) is 5.92 Å². The van der Waals surface area contributed by atoms with E-state index in [1.165, 1.54) is 36.8 Å². The molecule has 0 spiro atoms. The number of nitrogens with one attached hydrogen (secondary N) is 1. The predicted octanol–water partition coefficient (Wildman–Crippen LogP) is 4.17. The van der Waals surface area contributed by atoms with Gasteiger partial charge in [-0.15, -0.1) is 0 Å². The summed E-state index contributed by atoms with van der Waals surface area (Å²) in [5.41, 5.74) is 3.24. The Kier molecular flexibility index (Phi) is 7.22. The lowest BCUT2D eigenvalue weighted by Crippen LogP contribution is -2.22. The zero-order chi connectivity index (χ0) is 14.1. The van der Waals surface area contributed by atoms with Crippen LogP contribution in [0.3, 0.4) is 0 Å². The van der Waals surface area contributed by atoms with E-state index in [1.54, 1.807) is 0 Å². The number of nitriles is 1. The summed E-state index contributed by atoms with van der Waals surface area (Å²) in [6.07, 6.45) is 5.19. The first-order chi connectivity index (χ1) is 9.21. The van der Waals surface area contributed by atoms with Crippen LogP contribution in [0, 0.1) is 24.2 Å². The number of unbranched alkanes of at least 4 members (excludes halogenated alkanes) is 1. The Labute approximate surface area is 117 Å². The number of hydrogen-bond acceptors (Lipinski definition) is 2. The van der Waals surface area contributed by atoms with Crippen LogP contribution >= 0.6 is 0 Å². The molecule has 1 N–H and O–H groups in total. The van der Waals surface area contributed by atoms with Crippen LogP contribution in [0.1, 0.15) is 56.2 Å². The van der Waals surface area contributed by atoms with Crippen LogP contribution in [0.5, 0.6) is 0 Å². The molecule has 1 rings (SSSR count). The molecule has 0 fully saturated rings. The molecule has 1 atom stereocenters. The van der Waals surface area contributed by atoms with Gasteiger partial charge >= 0.3 is 0 Å². The van der Waals surface area contributed by atoms with Gasteiger partial charge in [-0.2, -0.15) is 5.26 Å². The number of hydrogen-bond donors (Lipinski definition) is 1. The molecule has 0 aliphatic heterocycles. The van der Waals surface area contributed by atoms with E-state index < -0.39 is 0 Å². The van der Waals surface area contributed by atoms with Crippen molar-refractivity contribution >= 4 is 0 Å². The Morgan fingerprint density at radius 1 is 1.32 bits per heavy atom. The van der Waals surface area contributed by atoms with Gasteiger partial charge in [0.15, 0.2) is 0 Å². The normalized spacial score (nSPS) is 12.1. The maximum atomic E-state index is 8.85. The summed E-state index contributed by atoms with van der Waals surface area (Å²) in [6, 6.07) is 8.11. The summed E-state index contributed by atoms with van der Waals surface area (Å²) in [7, 11) is 0. The molecule has 1 unspecified atom stereocenters. The third-order valence-corrected chi connectivity index (χ3v) is 3.76. The molecule has 0 heterocycles. The van der Waals surface area contributed by atoms with E-state index in [9.17, 15) is 0 Å². The highest BCUT2D eigenvalue weighted by Crippen LogP contribution is 2.13. The Bertz CT molecular complexity index is 418. The minimum atomic E-state index is 0.746. The summed E-state index contributed by atoms with van der Waals surface area (Å²) >= 11 is 0. The quantitative estimate of drug-likeness (QED) is 0.759.